The molecule has 1 amide bonds. The Labute approximate surface area is 215 Å². The van der Waals surface area contributed by atoms with Crippen LogP contribution < -0.4 is 10.1 Å². The first-order chi connectivity index (χ1) is 17.4. The lowest BCUT2D eigenvalue weighted by Gasteiger charge is -2.16. The van der Waals surface area contributed by atoms with Gasteiger partial charge in [-0.3, -0.25) is 4.79 Å². The van der Waals surface area contributed by atoms with E-state index in [9.17, 15) is 13.6 Å². The Kier molecular flexibility index (Phi) is 6.91. The van der Waals surface area contributed by atoms with E-state index in [0.717, 1.165) is 16.5 Å². The first-order valence-electron chi connectivity index (χ1n) is 12.0. The molecule has 2 aromatic heterocycles. The Morgan fingerprint density at radius 1 is 1.05 bits per heavy atom. The van der Waals surface area contributed by atoms with E-state index in [0.29, 0.717) is 44.9 Å². The number of halogens is 2. The third-order valence-corrected chi connectivity index (χ3v) is 6.24. The molecular formula is C30H31F2N3O2. The minimum Gasteiger partial charge on any atom is -0.496 e. The molecule has 37 heavy (non-hydrogen) atoms. The van der Waals surface area contributed by atoms with Crippen molar-refractivity contribution in [2.75, 3.05) is 12.4 Å². The maximum atomic E-state index is 14.8. The third kappa shape index (κ3) is 5.40. The second-order valence-corrected chi connectivity index (χ2v) is 10.4. The van der Waals surface area contributed by atoms with Crippen molar-refractivity contribution in [1.29, 1.82) is 0 Å². The number of methoxy groups -OCH3 is 1. The van der Waals surface area contributed by atoms with Gasteiger partial charge in [0.15, 0.2) is 0 Å². The van der Waals surface area contributed by atoms with Crippen molar-refractivity contribution in [2.24, 2.45) is 5.41 Å². The zero-order chi connectivity index (χ0) is 27.1. The molecule has 0 saturated carbocycles. The number of aromatic nitrogens is 2. The lowest BCUT2D eigenvalue weighted by atomic mass is 9.93. The molecule has 5 nitrogen and oxygen atoms in total. The highest BCUT2D eigenvalue weighted by Crippen LogP contribution is 2.38. The maximum absolute atomic E-state index is 14.8. The van der Waals surface area contributed by atoms with E-state index in [2.05, 4.69) is 15.3 Å². The number of carbonyl (C=O) groups excluding carboxylic acids is 1. The van der Waals surface area contributed by atoms with Crippen molar-refractivity contribution in [3.05, 3.63) is 77.1 Å². The number of aryl methyl sites for hydroxylation is 1. The maximum Gasteiger partial charge on any atom is 0.251 e. The van der Waals surface area contributed by atoms with Crippen LogP contribution >= 0.6 is 0 Å². The number of nitrogens with zero attached hydrogens (tertiary/aromatic N) is 1. The zero-order valence-corrected chi connectivity index (χ0v) is 22.1. The molecule has 4 rings (SSSR count). The van der Waals surface area contributed by atoms with E-state index in [1.165, 1.54) is 25.3 Å². The number of anilines is 1. The number of pyridine rings is 1. The number of aromatic amines is 1. The van der Waals surface area contributed by atoms with Crippen LogP contribution in [0.2, 0.25) is 0 Å². The second kappa shape index (κ2) is 9.81. The molecule has 0 fully saturated rings. The van der Waals surface area contributed by atoms with Crippen LogP contribution in [-0.4, -0.2) is 23.0 Å². The molecule has 2 heterocycles. The van der Waals surface area contributed by atoms with Crippen molar-refractivity contribution >= 4 is 22.6 Å². The van der Waals surface area contributed by atoms with Gasteiger partial charge < -0.3 is 15.0 Å². The normalized spacial score (nSPS) is 12.2. The molecule has 0 radical (unpaired) electrons. The lowest BCUT2D eigenvalue weighted by Crippen LogP contribution is -2.16. The summed E-state index contributed by atoms with van der Waals surface area (Å²) < 4.78 is 34.3. The van der Waals surface area contributed by atoms with Gasteiger partial charge in [0.25, 0.3) is 5.91 Å². The summed E-state index contributed by atoms with van der Waals surface area (Å²) in [6.07, 6.45) is 5.34. The molecule has 7 heteroatoms. The van der Waals surface area contributed by atoms with Crippen molar-refractivity contribution in [3.63, 3.8) is 0 Å². The monoisotopic (exact) mass is 503 g/mol. The van der Waals surface area contributed by atoms with Crippen molar-refractivity contribution < 1.29 is 18.3 Å². The minimum atomic E-state index is -0.474. The predicted octanol–water partition coefficient (Wildman–Crippen LogP) is 7.73. The summed E-state index contributed by atoms with van der Waals surface area (Å²) in [5.74, 6) is -0.703. The van der Waals surface area contributed by atoms with Crippen LogP contribution in [0.4, 0.5) is 14.5 Å². The molecule has 0 atom stereocenters. The smallest absolute Gasteiger partial charge is 0.251 e. The first-order valence-corrected chi connectivity index (χ1v) is 12.0. The molecule has 0 spiro atoms. The van der Waals surface area contributed by atoms with Crippen LogP contribution in [0, 0.1) is 30.9 Å². The van der Waals surface area contributed by atoms with E-state index in [4.69, 9.17) is 4.74 Å². The number of ether oxygens (including phenoxy) is 1. The number of rotatable bonds is 5. The number of hydrogen-bond donors (Lipinski definition) is 2. The van der Waals surface area contributed by atoms with Gasteiger partial charge in [0.1, 0.15) is 23.0 Å². The van der Waals surface area contributed by atoms with E-state index in [1.807, 2.05) is 39.8 Å². The second-order valence-electron chi connectivity index (χ2n) is 10.4. The van der Waals surface area contributed by atoms with E-state index < -0.39 is 5.82 Å². The zero-order valence-electron chi connectivity index (χ0n) is 22.1. The summed E-state index contributed by atoms with van der Waals surface area (Å²) in [4.78, 5) is 20.5. The Hall–Kier alpha value is -4.00. The fourth-order valence-electron chi connectivity index (χ4n) is 4.46. The highest BCUT2D eigenvalue weighted by molar-refractivity contribution is 6.04. The van der Waals surface area contributed by atoms with Gasteiger partial charge in [0.05, 0.1) is 7.11 Å². The summed E-state index contributed by atoms with van der Waals surface area (Å²) in [7, 11) is 1.50. The molecule has 0 saturated heterocycles. The Morgan fingerprint density at radius 2 is 1.78 bits per heavy atom. The van der Waals surface area contributed by atoms with Crippen LogP contribution in [0.25, 0.3) is 33.3 Å². The van der Waals surface area contributed by atoms with E-state index in [-0.39, 0.29) is 17.1 Å². The molecule has 0 aliphatic rings. The van der Waals surface area contributed by atoms with Crippen LogP contribution in [0.5, 0.6) is 5.75 Å². The summed E-state index contributed by atoms with van der Waals surface area (Å²) in [6, 6.07) is 7.76. The Bertz CT molecular complexity index is 1540. The molecular weight excluding hydrogens is 472 g/mol. The highest BCUT2D eigenvalue weighted by Gasteiger charge is 2.18. The average molecular weight is 504 g/mol. The lowest BCUT2D eigenvalue weighted by molar-refractivity contribution is -0.112. The summed E-state index contributed by atoms with van der Waals surface area (Å²) in [5.41, 5.74) is 5.42. The largest absolute Gasteiger partial charge is 0.496 e. The molecule has 0 aliphatic heterocycles. The number of carbonyl (C=O) groups is 1. The van der Waals surface area contributed by atoms with Gasteiger partial charge in [-0.2, -0.15) is 0 Å². The van der Waals surface area contributed by atoms with Crippen LogP contribution in [0.3, 0.4) is 0 Å². The highest BCUT2D eigenvalue weighted by atomic mass is 19.1. The van der Waals surface area contributed by atoms with Crippen molar-refractivity contribution in [2.45, 2.75) is 41.5 Å². The predicted molar refractivity (Wildman–Crippen MR) is 145 cm³/mol. The van der Waals surface area contributed by atoms with Gasteiger partial charge in [0, 0.05) is 51.8 Å². The summed E-state index contributed by atoms with van der Waals surface area (Å²) in [5, 5.41) is 3.63. The molecule has 0 bridgehead atoms. The topological polar surface area (TPSA) is 67.0 Å². The Balaban J connectivity index is 1.80. The van der Waals surface area contributed by atoms with Gasteiger partial charge in [-0.1, -0.05) is 26.8 Å². The first kappa shape index (κ1) is 26.1. The van der Waals surface area contributed by atoms with E-state index >= 15 is 0 Å². The number of hydrogen-bond acceptors (Lipinski definition) is 3. The van der Waals surface area contributed by atoms with Gasteiger partial charge in [-0.05, 0) is 67.1 Å². The molecule has 2 N–H and O–H groups in total. The molecule has 0 aliphatic carbocycles. The average Bonchev–Trinajstić information content (AvgIpc) is 3.24. The number of benzene rings is 2. The number of nitrogens with one attached hydrogen (secondary N) is 2. The minimum absolute atomic E-state index is 0.162. The van der Waals surface area contributed by atoms with Gasteiger partial charge in [-0.25, -0.2) is 13.8 Å². The van der Waals surface area contributed by atoms with Crippen LogP contribution in [0.1, 0.15) is 38.8 Å². The SMILES string of the molecule is COc1cc(F)c(C)cc1-c1c[nH]c2ncc(-c3cc(F)cc(NC(=O)C(C)=CC(C)(C)C)c3C)cc12. The van der Waals surface area contributed by atoms with Gasteiger partial charge in [0.2, 0.25) is 0 Å². The van der Waals surface area contributed by atoms with Crippen molar-refractivity contribution in [3.8, 4) is 28.0 Å². The van der Waals surface area contributed by atoms with Gasteiger partial charge >= 0.3 is 0 Å². The van der Waals surface area contributed by atoms with Gasteiger partial charge in [-0.15, -0.1) is 0 Å². The van der Waals surface area contributed by atoms with Crippen LogP contribution in [0.15, 0.2) is 54.4 Å². The van der Waals surface area contributed by atoms with E-state index in [1.54, 1.807) is 32.3 Å². The molecule has 0 unspecified atom stereocenters. The molecule has 4 aromatic rings. The molecule has 2 aromatic carbocycles. The molecule has 192 valence electrons. The fourth-order valence-corrected chi connectivity index (χ4v) is 4.46. The van der Waals surface area contributed by atoms with Crippen LogP contribution in [-0.2, 0) is 4.79 Å². The standard InChI is InChI=1S/C30H31F2N3O2/c1-16-8-22(27(37-7)12-25(16)32)24-15-34-28-23(24)9-19(14-33-28)21-10-20(31)11-26(18(21)3)35-29(36)17(2)13-30(4,5)6/h8-15H,1-7H3,(H,33,34)(H,35,36). The number of H-pyrrole nitrogens is 1. The summed E-state index contributed by atoms with van der Waals surface area (Å²) in [6.45, 7) is 11.3. The third-order valence-electron chi connectivity index (χ3n) is 6.24. The Morgan fingerprint density at radius 3 is 2.46 bits per heavy atom. The number of amides is 1. The fraction of sp³-hybridized carbons (Fsp3) is 0.267. The quantitative estimate of drug-likeness (QED) is 0.274. The van der Waals surface area contributed by atoms with Crippen molar-refractivity contribution in [1.82, 2.24) is 9.97 Å². The summed E-state index contributed by atoms with van der Waals surface area (Å²) >= 11 is 0. The number of fused-ring (bicyclic) bond motifs is 1. The number of allylic oxidation sites excluding steroid dienone is 1.